The molecule has 5 nitrogen and oxygen atoms in total. The topological polar surface area (TPSA) is 78.9 Å². The summed E-state index contributed by atoms with van der Waals surface area (Å²) in [6, 6.07) is 16.9. The molecule has 1 amide bonds. The molecule has 3 rings (SSSR count). The third-order valence-corrected chi connectivity index (χ3v) is 5.38. The number of aliphatic imine (C=N–C) groups is 1. The zero-order valence-corrected chi connectivity index (χ0v) is 15.6. The van der Waals surface area contributed by atoms with Crippen molar-refractivity contribution in [1.29, 1.82) is 0 Å². The molecule has 0 radical (unpaired) electrons. The third kappa shape index (κ3) is 3.92. The smallest absolute Gasteiger partial charge is 0.258 e. The van der Waals surface area contributed by atoms with Gasteiger partial charge in [0.15, 0.2) is 5.17 Å². The predicted octanol–water partition coefficient (Wildman–Crippen LogP) is 2.99. The summed E-state index contributed by atoms with van der Waals surface area (Å²) in [6.45, 7) is 2.22. The van der Waals surface area contributed by atoms with E-state index in [1.165, 1.54) is 0 Å². The van der Waals surface area contributed by atoms with E-state index < -0.39 is 0 Å². The summed E-state index contributed by atoms with van der Waals surface area (Å²) in [6.07, 6.45) is 0.909. The van der Waals surface area contributed by atoms with E-state index in [0.717, 1.165) is 23.4 Å². The summed E-state index contributed by atoms with van der Waals surface area (Å²) in [5, 5.41) is 9.95. The van der Waals surface area contributed by atoms with Crippen LogP contribution in [0.25, 0.3) is 0 Å². The molecule has 3 N–H and O–H groups in total. The van der Waals surface area contributed by atoms with Crippen LogP contribution in [0.3, 0.4) is 0 Å². The molecule has 0 spiro atoms. The summed E-state index contributed by atoms with van der Waals surface area (Å²) < 4.78 is 0. The van der Waals surface area contributed by atoms with Crippen LogP contribution in [-0.2, 0) is 5.54 Å². The number of carbonyl (C=O) groups excluding carboxylic acids is 1. The SMILES string of the molecule is CC1(c2ccc(C(=O)N(CCO)c3ccccc3)cc2)CCSC(N)=N1. The van der Waals surface area contributed by atoms with Gasteiger partial charge in [0.05, 0.1) is 12.1 Å². The van der Waals surface area contributed by atoms with Crippen LogP contribution in [0.1, 0.15) is 29.3 Å². The number of rotatable bonds is 5. The number of carbonyl (C=O) groups is 1. The standard InChI is InChI=1S/C20H23N3O2S/c1-20(11-14-26-19(21)22-20)16-9-7-15(8-10-16)18(25)23(12-13-24)17-5-3-2-4-6-17/h2-10,24H,11-14H2,1H3,(H2,21,22). The van der Waals surface area contributed by atoms with E-state index in [1.54, 1.807) is 16.7 Å². The molecular weight excluding hydrogens is 346 g/mol. The molecule has 1 aliphatic heterocycles. The summed E-state index contributed by atoms with van der Waals surface area (Å²) in [5.74, 6) is 0.800. The third-order valence-electron chi connectivity index (χ3n) is 4.59. The fourth-order valence-electron chi connectivity index (χ4n) is 3.08. The number of nitrogens with two attached hydrogens (primary N) is 1. The largest absolute Gasteiger partial charge is 0.395 e. The second kappa shape index (κ2) is 7.93. The zero-order chi connectivity index (χ0) is 18.6. The van der Waals surface area contributed by atoms with Crippen molar-refractivity contribution in [2.45, 2.75) is 18.9 Å². The molecule has 0 fully saturated rings. The molecule has 0 saturated heterocycles. The van der Waals surface area contributed by atoms with Crippen LogP contribution in [0.5, 0.6) is 0 Å². The number of thioether (sulfide) groups is 1. The minimum absolute atomic E-state index is 0.0948. The zero-order valence-electron chi connectivity index (χ0n) is 14.8. The Hall–Kier alpha value is -2.31. The average molecular weight is 369 g/mol. The van der Waals surface area contributed by atoms with E-state index in [0.29, 0.717) is 10.7 Å². The van der Waals surface area contributed by atoms with E-state index >= 15 is 0 Å². The van der Waals surface area contributed by atoms with E-state index in [9.17, 15) is 9.90 Å². The van der Waals surface area contributed by atoms with E-state index in [2.05, 4.69) is 11.9 Å². The molecule has 1 atom stereocenters. The van der Waals surface area contributed by atoms with Crippen molar-refractivity contribution in [1.82, 2.24) is 0 Å². The van der Waals surface area contributed by atoms with Crippen molar-refractivity contribution in [2.75, 3.05) is 23.8 Å². The highest BCUT2D eigenvalue weighted by Crippen LogP contribution is 2.35. The van der Waals surface area contributed by atoms with Gasteiger partial charge in [-0.3, -0.25) is 9.79 Å². The Kier molecular flexibility index (Phi) is 5.64. The average Bonchev–Trinajstić information content (AvgIpc) is 2.66. The first kappa shape index (κ1) is 18.5. The van der Waals surface area contributed by atoms with E-state index in [-0.39, 0.29) is 24.6 Å². The minimum atomic E-state index is -0.346. The van der Waals surface area contributed by atoms with Gasteiger partial charge in [0.25, 0.3) is 5.91 Å². The van der Waals surface area contributed by atoms with Crippen LogP contribution < -0.4 is 10.6 Å². The molecule has 1 unspecified atom stereocenters. The lowest BCUT2D eigenvalue weighted by Gasteiger charge is -2.30. The first-order chi connectivity index (χ1) is 12.5. The van der Waals surface area contributed by atoms with Crippen molar-refractivity contribution in [2.24, 2.45) is 10.7 Å². The van der Waals surface area contributed by atoms with Gasteiger partial charge in [-0.1, -0.05) is 42.1 Å². The van der Waals surface area contributed by atoms with Crippen LogP contribution in [0, 0.1) is 0 Å². The molecule has 0 aromatic heterocycles. The number of nitrogens with zero attached hydrogens (tertiary/aromatic N) is 2. The van der Waals surface area contributed by atoms with Gasteiger partial charge >= 0.3 is 0 Å². The number of anilines is 1. The van der Waals surface area contributed by atoms with Gasteiger partial charge in [-0.2, -0.15) is 0 Å². The number of aliphatic hydroxyl groups excluding tert-OH is 1. The first-order valence-corrected chi connectivity index (χ1v) is 9.58. The Balaban J connectivity index is 1.85. The molecule has 2 aromatic carbocycles. The highest BCUT2D eigenvalue weighted by atomic mass is 32.2. The van der Waals surface area contributed by atoms with Crippen molar-refractivity contribution < 1.29 is 9.90 Å². The number of hydrogen-bond acceptors (Lipinski definition) is 5. The van der Waals surface area contributed by atoms with E-state index in [4.69, 9.17) is 5.73 Å². The predicted molar refractivity (Wildman–Crippen MR) is 108 cm³/mol. The highest BCUT2D eigenvalue weighted by molar-refractivity contribution is 8.13. The summed E-state index contributed by atoms with van der Waals surface area (Å²) >= 11 is 1.57. The van der Waals surface area contributed by atoms with Crippen molar-refractivity contribution in [3.05, 3.63) is 65.7 Å². The fourth-order valence-corrected chi connectivity index (χ4v) is 4.05. The lowest BCUT2D eigenvalue weighted by atomic mass is 9.89. The molecule has 1 aliphatic rings. The van der Waals surface area contributed by atoms with Crippen molar-refractivity contribution >= 4 is 28.5 Å². The number of aliphatic hydroxyl groups is 1. The Morgan fingerprint density at radius 1 is 1.23 bits per heavy atom. The maximum Gasteiger partial charge on any atom is 0.258 e. The molecule has 6 heteroatoms. The Morgan fingerprint density at radius 3 is 2.54 bits per heavy atom. The molecule has 0 bridgehead atoms. The number of amidine groups is 1. The molecule has 136 valence electrons. The van der Waals surface area contributed by atoms with Gasteiger partial charge in [-0.25, -0.2) is 0 Å². The lowest BCUT2D eigenvalue weighted by molar-refractivity contribution is 0.0981. The van der Waals surface area contributed by atoms with Crippen LogP contribution >= 0.6 is 11.8 Å². The van der Waals surface area contributed by atoms with Gasteiger partial charge in [-0.05, 0) is 43.2 Å². The maximum absolute atomic E-state index is 12.9. The van der Waals surface area contributed by atoms with Gasteiger partial charge in [0.1, 0.15) is 0 Å². The van der Waals surface area contributed by atoms with Gasteiger partial charge in [0.2, 0.25) is 0 Å². The summed E-state index contributed by atoms with van der Waals surface area (Å²) in [7, 11) is 0. The normalized spacial score (nSPS) is 19.7. The number of hydrogen-bond donors (Lipinski definition) is 2. The number of amides is 1. The summed E-state index contributed by atoms with van der Waals surface area (Å²) in [5.41, 5.74) is 7.94. The molecule has 0 saturated carbocycles. The number of para-hydroxylation sites is 1. The van der Waals surface area contributed by atoms with Crippen molar-refractivity contribution in [3.63, 3.8) is 0 Å². The highest BCUT2D eigenvalue weighted by Gasteiger charge is 2.29. The molecule has 26 heavy (non-hydrogen) atoms. The molecule has 0 aliphatic carbocycles. The first-order valence-electron chi connectivity index (χ1n) is 8.60. The Morgan fingerprint density at radius 2 is 1.92 bits per heavy atom. The van der Waals surface area contributed by atoms with Crippen LogP contribution in [0.2, 0.25) is 0 Å². The van der Waals surface area contributed by atoms with Crippen LogP contribution in [-0.4, -0.2) is 35.1 Å². The second-order valence-corrected chi connectivity index (χ2v) is 7.53. The fraction of sp³-hybridized carbons (Fsp3) is 0.300. The van der Waals surface area contributed by atoms with Crippen LogP contribution in [0.4, 0.5) is 5.69 Å². The minimum Gasteiger partial charge on any atom is -0.395 e. The maximum atomic E-state index is 12.9. The van der Waals surface area contributed by atoms with Crippen molar-refractivity contribution in [3.8, 4) is 0 Å². The summed E-state index contributed by atoms with van der Waals surface area (Å²) in [4.78, 5) is 19.1. The van der Waals surface area contributed by atoms with Crippen LogP contribution in [0.15, 0.2) is 59.6 Å². The second-order valence-electron chi connectivity index (χ2n) is 6.42. The molecule has 2 aromatic rings. The van der Waals surface area contributed by atoms with Gasteiger partial charge < -0.3 is 15.7 Å². The Labute approximate surface area is 157 Å². The van der Waals surface area contributed by atoms with Gasteiger partial charge in [-0.15, -0.1) is 0 Å². The monoisotopic (exact) mass is 369 g/mol. The van der Waals surface area contributed by atoms with E-state index in [1.807, 2.05) is 54.6 Å². The molecular formula is C20H23N3O2S. The van der Waals surface area contributed by atoms with Gasteiger partial charge in [0, 0.05) is 23.5 Å². The Bertz CT molecular complexity index is 792. The quantitative estimate of drug-likeness (QED) is 0.849. The number of benzene rings is 2. The molecule has 1 heterocycles. The lowest BCUT2D eigenvalue weighted by Crippen LogP contribution is -2.33.